The largest absolute Gasteiger partial charge is 0.353 e. The number of amides is 1. The fourth-order valence-corrected chi connectivity index (χ4v) is 2.39. The summed E-state index contributed by atoms with van der Waals surface area (Å²) in [4.78, 5) is 12.4. The molecule has 0 bridgehead atoms. The molecule has 88 valence electrons. The number of carbonyl (C=O) groups is 1. The summed E-state index contributed by atoms with van der Waals surface area (Å²) in [7, 11) is 0. The van der Waals surface area contributed by atoms with E-state index in [1.54, 1.807) is 6.07 Å². The summed E-state index contributed by atoms with van der Waals surface area (Å²) in [5.74, 6) is 0.442. The van der Waals surface area contributed by atoms with Gasteiger partial charge in [-0.2, -0.15) is 5.26 Å². The molecule has 1 aliphatic carbocycles. The molecular weight excluding hydrogens is 232 g/mol. The van der Waals surface area contributed by atoms with Crippen molar-refractivity contribution in [2.24, 2.45) is 0 Å². The smallest absolute Gasteiger partial charge is 0.230 e. The lowest BCUT2D eigenvalue weighted by Gasteiger charge is -2.05. The Balaban J connectivity index is 1.95. The van der Waals surface area contributed by atoms with Gasteiger partial charge in [0.1, 0.15) is 6.07 Å². The van der Waals surface area contributed by atoms with Crippen LogP contribution in [0.4, 0.5) is 0 Å². The van der Waals surface area contributed by atoms with Crippen molar-refractivity contribution in [2.45, 2.75) is 30.7 Å². The summed E-state index contributed by atoms with van der Waals surface area (Å²) in [6, 6.07) is 8.21. The zero-order valence-corrected chi connectivity index (χ0v) is 10.5. The fourth-order valence-electron chi connectivity index (χ4n) is 1.48. The molecule has 0 spiro atoms. The Kier molecular flexibility index (Phi) is 3.70. The van der Waals surface area contributed by atoms with Gasteiger partial charge in [-0.05, 0) is 37.5 Å². The van der Waals surface area contributed by atoms with E-state index in [0.29, 0.717) is 17.4 Å². The predicted octanol–water partition coefficient (Wildman–Crippen LogP) is 2.24. The molecule has 1 aromatic rings. The fraction of sp³-hybridized carbons (Fsp3) is 0.385. The zero-order valence-electron chi connectivity index (χ0n) is 9.69. The highest BCUT2D eigenvalue weighted by atomic mass is 32.2. The van der Waals surface area contributed by atoms with Gasteiger partial charge in [0.2, 0.25) is 5.91 Å². The highest BCUT2D eigenvalue weighted by Gasteiger charge is 2.23. The first-order valence-corrected chi connectivity index (χ1v) is 6.60. The van der Waals surface area contributed by atoms with Gasteiger partial charge in [0.15, 0.2) is 0 Å². The molecule has 2 rings (SSSR count). The molecule has 1 saturated carbocycles. The van der Waals surface area contributed by atoms with Crippen LogP contribution >= 0.6 is 11.8 Å². The molecule has 1 aromatic carbocycles. The Hall–Kier alpha value is -1.47. The summed E-state index contributed by atoms with van der Waals surface area (Å²) in [5, 5.41) is 11.9. The van der Waals surface area contributed by atoms with Crippen molar-refractivity contribution in [3.63, 3.8) is 0 Å². The summed E-state index contributed by atoms with van der Waals surface area (Å²) < 4.78 is 0. The van der Waals surface area contributed by atoms with Gasteiger partial charge in [-0.1, -0.05) is 6.07 Å². The Morgan fingerprint density at radius 2 is 2.35 bits per heavy atom. The number of aryl methyl sites for hydroxylation is 1. The van der Waals surface area contributed by atoms with Crippen LogP contribution in [-0.2, 0) is 4.79 Å². The van der Waals surface area contributed by atoms with Crippen molar-refractivity contribution in [3.05, 3.63) is 29.3 Å². The SMILES string of the molecule is Cc1ccc(C#N)c(SCC(=O)NC2CC2)c1. The van der Waals surface area contributed by atoms with Gasteiger partial charge >= 0.3 is 0 Å². The number of nitrogens with zero attached hydrogens (tertiary/aromatic N) is 1. The summed E-state index contributed by atoms with van der Waals surface area (Å²) in [5.41, 5.74) is 1.74. The summed E-state index contributed by atoms with van der Waals surface area (Å²) in [6.07, 6.45) is 2.20. The van der Waals surface area contributed by atoms with E-state index in [0.717, 1.165) is 23.3 Å². The minimum atomic E-state index is 0.0582. The summed E-state index contributed by atoms with van der Waals surface area (Å²) >= 11 is 1.43. The van der Waals surface area contributed by atoms with E-state index in [4.69, 9.17) is 5.26 Å². The molecule has 1 fully saturated rings. The second kappa shape index (κ2) is 5.24. The van der Waals surface area contributed by atoms with Crippen LogP contribution < -0.4 is 5.32 Å². The van der Waals surface area contributed by atoms with Crippen LogP contribution in [0.2, 0.25) is 0 Å². The minimum Gasteiger partial charge on any atom is -0.353 e. The monoisotopic (exact) mass is 246 g/mol. The van der Waals surface area contributed by atoms with E-state index in [9.17, 15) is 4.79 Å². The highest BCUT2D eigenvalue weighted by Crippen LogP contribution is 2.24. The molecule has 4 heteroatoms. The first-order chi connectivity index (χ1) is 8.19. The molecule has 1 amide bonds. The lowest BCUT2D eigenvalue weighted by Crippen LogP contribution is -2.27. The van der Waals surface area contributed by atoms with Gasteiger partial charge in [-0.25, -0.2) is 0 Å². The van der Waals surface area contributed by atoms with Crippen molar-refractivity contribution in [3.8, 4) is 6.07 Å². The topological polar surface area (TPSA) is 52.9 Å². The van der Waals surface area contributed by atoms with Crippen LogP contribution in [0.1, 0.15) is 24.0 Å². The molecule has 0 aromatic heterocycles. The van der Waals surface area contributed by atoms with Crippen molar-refractivity contribution in [1.29, 1.82) is 5.26 Å². The number of rotatable bonds is 4. The van der Waals surface area contributed by atoms with Gasteiger partial charge in [-0.3, -0.25) is 4.79 Å². The van der Waals surface area contributed by atoms with Crippen LogP contribution in [0.5, 0.6) is 0 Å². The van der Waals surface area contributed by atoms with Crippen molar-refractivity contribution < 1.29 is 4.79 Å². The van der Waals surface area contributed by atoms with Crippen LogP contribution in [0, 0.1) is 18.3 Å². The summed E-state index contributed by atoms with van der Waals surface area (Å²) in [6.45, 7) is 1.98. The van der Waals surface area contributed by atoms with Crippen LogP contribution in [0.25, 0.3) is 0 Å². The molecule has 3 nitrogen and oxygen atoms in total. The van der Waals surface area contributed by atoms with E-state index in [2.05, 4.69) is 11.4 Å². The lowest BCUT2D eigenvalue weighted by atomic mass is 10.2. The maximum absolute atomic E-state index is 11.5. The van der Waals surface area contributed by atoms with Crippen molar-refractivity contribution in [2.75, 3.05) is 5.75 Å². The average molecular weight is 246 g/mol. The average Bonchev–Trinajstić information content (AvgIpc) is 3.10. The molecule has 1 aliphatic rings. The molecule has 0 saturated heterocycles. The molecule has 1 N–H and O–H groups in total. The van der Waals surface area contributed by atoms with Crippen LogP contribution in [-0.4, -0.2) is 17.7 Å². The predicted molar refractivity (Wildman–Crippen MR) is 67.8 cm³/mol. The maximum Gasteiger partial charge on any atom is 0.230 e. The second-order valence-electron chi connectivity index (χ2n) is 4.24. The first-order valence-electron chi connectivity index (χ1n) is 5.62. The lowest BCUT2D eigenvalue weighted by molar-refractivity contribution is -0.118. The third-order valence-corrected chi connectivity index (χ3v) is 3.61. The molecule has 0 atom stereocenters. The van der Waals surface area contributed by atoms with E-state index >= 15 is 0 Å². The second-order valence-corrected chi connectivity index (χ2v) is 5.26. The molecule has 0 radical (unpaired) electrons. The van der Waals surface area contributed by atoms with Crippen LogP contribution in [0.3, 0.4) is 0 Å². The van der Waals surface area contributed by atoms with Gasteiger partial charge in [-0.15, -0.1) is 11.8 Å². The van der Waals surface area contributed by atoms with Crippen molar-refractivity contribution >= 4 is 17.7 Å². The number of hydrogen-bond acceptors (Lipinski definition) is 3. The number of thioether (sulfide) groups is 1. The quantitative estimate of drug-likeness (QED) is 0.829. The number of carbonyl (C=O) groups excluding carboxylic acids is 1. The zero-order chi connectivity index (χ0) is 12.3. The number of benzene rings is 1. The van der Waals surface area contributed by atoms with Crippen LogP contribution in [0.15, 0.2) is 23.1 Å². The first kappa shape index (κ1) is 12.0. The van der Waals surface area contributed by atoms with Gasteiger partial charge in [0.05, 0.1) is 11.3 Å². The normalized spacial score (nSPS) is 14.1. The Morgan fingerprint density at radius 3 is 3.00 bits per heavy atom. The third-order valence-electron chi connectivity index (χ3n) is 2.56. The molecular formula is C13H14N2OS. The Bertz CT molecular complexity index is 475. The van der Waals surface area contributed by atoms with E-state index in [1.165, 1.54) is 11.8 Å². The maximum atomic E-state index is 11.5. The standard InChI is InChI=1S/C13H14N2OS/c1-9-2-3-10(7-14)12(6-9)17-8-13(16)15-11-4-5-11/h2-3,6,11H,4-5,8H2,1H3,(H,15,16). The van der Waals surface area contributed by atoms with E-state index < -0.39 is 0 Å². The van der Waals surface area contributed by atoms with Gasteiger partial charge in [0.25, 0.3) is 0 Å². The number of nitriles is 1. The van der Waals surface area contributed by atoms with Crippen molar-refractivity contribution in [1.82, 2.24) is 5.32 Å². The molecule has 0 heterocycles. The Labute approximate surface area is 105 Å². The Morgan fingerprint density at radius 1 is 1.59 bits per heavy atom. The highest BCUT2D eigenvalue weighted by molar-refractivity contribution is 8.00. The minimum absolute atomic E-state index is 0.0582. The molecule has 0 unspecified atom stereocenters. The van der Waals surface area contributed by atoms with E-state index in [1.807, 2.05) is 19.1 Å². The van der Waals surface area contributed by atoms with Gasteiger partial charge < -0.3 is 5.32 Å². The van der Waals surface area contributed by atoms with Gasteiger partial charge in [0, 0.05) is 10.9 Å². The molecule has 17 heavy (non-hydrogen) atoms. The van der Waals surface area contributed by atoms with E-state index in [-0.39, 0.29) is 5.91 Å². The number of nitrogens with one attached hydrogen (secondary N) is 1. The molecule has 0 aliphatic heterocycles. The third kappa shape index (κ3) is 3.50. The number of hydrogen-bond donors (Lipinski definition) is 1.